The van der Waals surface area contributed by atoms with Gasteiger partial charge in [-0.3, -0.25) is 0 Å². The van der Waals surface area contributed by atoms with Crippen LogP contribution in [0.3, 0.4) is 0 Å². The van der Waals surface area contributed by atoms with Gasteiger partial charge < -0.3 is 5.73 Å². The molecule has 1 aliphatic carbocycles. The highest BCUT2D eigenvalue weighted by Crippen LogP contribution is 2.52. The van der Waals surface area contributed by atoms with E-state index < -0.39 is 0 Å². The third kappa shape index (κ3) is 5.93. The fourth-order valence-corrected chi connectivity index (χ4v) is 9.11. The van der Waals surface area contributed by atoms with Crippen molar-refractivity contribution in [3.05, 3.63) is 222 Å². The summed E-state index contributed by atoms with van der Waals surface area (Å²) in [6.45, 7) is 4.73. The zero-order valence-electron chi connectivity index (χ0n) is 32.2. The Bertz CT molecular complexity index is 3070. The highest BCUT2D eigenvalue weighted by Gasteiger charge is 2.36. The van der Waals surface area contributed by atoms with E-state index in [0.717, 1.165) is 33.0 Å². The van der Waals surface area contributed by atoms with E-state index in [4.69, 9.17) is 10.7 Å². The van der Waals surface area contributed by atoms with E-state index >= 15 is 0 Å². The predicted octanol–water partition coefficient (Wildman–Crippen LogP) is 13.8. The van der Waals surface area contributed by atoms with E-state index in [2.05, 4.69) is 208 Å². The standard InChI is InChI=1S/C55H42N2/c1-55(2)50-33-28-39-19-8-11-23-44(39)53(50)49-30-27-40(35-51(49)55)43-31-32-47(46-25-13-12-24-45(43)46)52(57-54(56)48-26-14-20-37-17-7-10-22-42(37)48)34-29-38-18-6-9-21-41(38)36-15-4-3-5-16-36/h3-28,30-35H,29H2,1-2H3,(H2,56,57)/b52-34-. The number of aliphatic imine (C=N–C) groups is 1. The molecule has 1 aliphatic rings. The van der Waals surface area contributed by atoms with Gasteiger partial charge in [0.2, 0.25) is 0 Å². The Morgan fingerprint density at radius 1 is 0.491 bits per heavy atom. The Kier molecular flexibility index (Phi) is 8.42. The molecule has 0 unspecified atom stereocenters. The molecule has 0 aromatic heterocycles. The van der Waals surface area contributed by atoms with E-state index in [-0.39, 0.29) is 5.41 Å². The van der Waals surface area contributed by atoms with Gasteiger partial charge in [-0.1, -0.05) is 202 Å². The summed E-state index contributed by atoms with van der Waals surface area (Å²) in [6.07, 6.45) is 2.94. The van der Waals surface area contributed by atoms with Gasteiger partial charge in [0.05, 0.1) is 5.70 Å². The van der Waals surface area contributed by atoms with E-state index in [0.29, 0.717) is 12.3 Å². The fraction of sp³-hybridized carbons (Fsp3) is 0.0727. The lowest BCUT2D eigenvalue weighted by atomic mass is 9.81. The molecule has 0 saturated carbocycles. The Balaban J connectivity index is 1.12. The van der Waals surface area contributed by atoms with Crippen LogP contribution >= 0.6 is 0 Å². The summed E-state index contributed by atoms with van der Waals surface area (Å²) < 4.78 is 0. The third-order valence-corrected chi connectivity index (χ3v) is 12.0. The molecule has 0 aliphatic heterocycles. The summed E-state index contributed by atoms with van der Waals surface area (Å²) in [5, 5.41) is 7.15. The van der Waals surface area contributed by atoms with Crippen molar-refractivity contribution in [1.82, 2.24) is 0 Å². The smallest absolute Gasteiger partial charge is 0.131 e. The largest absolute Gasteiger partial charge is 0.383 e. The van der Waals surface area contributed by atoms with Gasteiger partial charge in [0, 0.05) is 16.5 Å². The predicted molar refractivity (Wildman–Crippen MR) is 243 cm³/mol. The van der Waals surface area contributed by atoms with Crippen molar-refractivity contribution in [2.75, 3.05) is 0 Å². The zero-order valence-corrected chi connectivity index (χ0v) is 32.2. The van der Waals surface area contributed by atoms with Crippen LogP contribution in [0.2, 0.25) is 0 Å². The van der Waals surface area contributed by atoms with Crippen LogP contribution in [0.15, 0.2) is 199 Å². The van der Waals surface area contributed by atoms with Crippen LogP contribution in [0.1, 0.15) is 41.7 Å². The van der Waals surface area contributed by atoms with Crippen molar-refractivity contribution in [2.24, 2.45) is 10.7 Å². The molecule has 2 heteroatoms. The third-order valence-electron chi connectivity index (χ3n) is 12.0. The van der Waals surface area contributed by atoms with Crippen LogP contribution in [0.5, 0.6) is 0 Å². The average molecular weight is 731 g/mol. The zero-order chi connectivity index (χ0) is 38.5. The summed E-state index contributed by atoms with van der Waals surface area (Å²) in [7, 11) is 0. The molecule has 0 spiro atoms. The summed E-state index contributed by atoms with van der Waals surface area (Å²) in [6, 6.07) is 67.6. The summed E-state index contributed by atoms with van der Waals surface area (Å²) >= 11 is 0. The molecule has 9 aromatic carbocycles. The van der Waals surface area contributed by atoms with Gasteiger partial charge in [-0.2, -0.15) is 0 Å². The second kappa shape index (κ2) is 13.9. The van der Waals surface area contributed by atoms with Gasteiger partial charge >= 0.3 is 0 Å². The number of allylic oxidation sites excluding steroid dienone is 1. The Labute approximate surface area is 334 Å². The van der Waals surface area contributed by atoms with Gasteiger partial charge in [0.1, 0.15) is 5.84 Å². The van der Waals surface area contributed by atoms with Crippen molar-refractivity contribution in [1.29, 1.82) is 0 Å². The highest BCUT2D eigenvalue weighted by atomic mass is 14.9. The van der Waals surface area contributed by atoms with E-state index in [9.17, 15) is 0 Å². The van der Waals surface area contributed by atoms with Crippen LogP contribution in [-0.4, -0.2) is 5.84 Å². The Hall–Kier alpha value is -7.03. The maximum Gasteiger partial charge on any atom is 0.131 e. The fourth-order valence-electron chi connectivity index (χ4n) is 9.11. The number of rotatable bonds is 7. The first-order valence-electron chi connectivity index (χ1n) is 19.8. The Morgan fingerprint density at radius 2 is 1.14 bits per heavy atom. The van der Waals surface area contributed by atoms with E-state index in [1.165, 1.54) is 66.2 Å². The lowest BCUT2D eigenvalue weighted by Crippen LogP contribution is -2.15. The quantitative estimate of drug-likeness (QED) is 0.129. The second-order valence-corrected chi connectivity index (χ2v) is 15.6. The normalized spacial score (nSPS) is 13.6. The molecule has 0 bridgehead atoms. The molecule has 2 nitrogen and oxygen atoms in total. The monoisotopic (exact) mass is 730 g/mol. The lowest BCUT2D eigenvalue weighted by Gasteiger charge is -2.22. The maximum absolute atomic E-state index is 7.01. The van der Waals surface area contributed by atoms with Gasteiger partial charge in [-0.25, -0.2) is 4.99 Å². The average Bonchev–Trinajstić information content (AvgIpc) is 3.50. The molecular formula is C55H42N2. The summed E-state index contributed by atoms with van der Waals surface area (Å²) in [5.41, 5.74) is 21.2. The molecule has 2 N–H and O–H groups in total. The van der Waals surface area contributed by atoms with Crippen LogP contribution in [0, 0.1) is 0 Å². The van der Waals surface area contributed by atoms with Crippen LogP contribution < -0.4 is 5.73 Å². The molecule has 0 atom stereocenters. The molecule has 57 heavy (non-hydrogen) atoms. The van der Waals surface area contributed by atoms with E-state index in [1.807, 2.05) is 0 Å². The first-order chi connectivity index (χ1) is 28.0. The SMILES string of the molecule is CC1(C)c2cc(-c3ccc(/C(=C/Cc4ccccc4-c4ccccc4)N=C(N)c4cccc5ccccc45)c4ccccc34)ccc2-c2c1ccc1ccccc21. The minimum atomic E-state index is -0.125. The minimum absolute atomic E-state index is 0.125. The molecule has 0 saturated heterocycles. The molecule has 10 rings (SSSR count). The minimum Gasteiger partial charge on any atom is -0.383 e. The molecule has 0 fully saturated rings. The van der Waals surface area contributed by atoms with Crippen molar-refractivity contribution in [2.45, 2.75) is 25.7 Å². The molecular weight excluding hydrogens is 689 g/mol. The topological polar surface area (TPSA) is 38.4 Å². The van der Waals surface area contributed by atoms with Gasteiger partial charge in [-0.05, 0) is 94.9 Å². The number of hydrogen-bond donors (Lipinski definition) is 1. The molecule has 0 amide bonds. The van der Waals surface area contributed by atoms with Crippen LogP contribution in [0.25, 0.3) is 71.4 Å². The van der Waals surface area contributed by atoms with Gasteiger partial charge in [-0.15, -0.1) is 0 Å². The van der Waals surface area contributed by atoms with Crippen molar-refractivity contribution in [3.63, 3.8) is 0 Å². The molecule has 0 radical (unpaired) electrons. The number of fused-ring (bicyclic) bond motifs is 7. The second-order valence-electron chi connectivity index (χ2n) is 15.6. The number of benzene rings is 9. The summed E-state index contributed by atoms with van der Waals surface area (Å²) in [5.74, 6) is 0.496. The molecule has 9 aromatic rings. The highest BCUT2D eigenvalue weighted by molar-refractivity contribution is 6.12. The van der Waals surface area contributed by atoms with Gasteiger partial charge in [0.15, 0.2) is 0 Å². The van der Waals surface area contributed by atoms with Crippen LogP contribution in [0.4, 0.5) is 0 Å². The van der Waals surface area contributed by atoms with Crippen molar-refractivity contribution >= 4 is 43.9 Å². The maximum atomic E-state index is 7.01. The Morgan fingerprint density at radius 3 is 1.96 bits per heavy atom. The number of nitrogens with two attached hydrogens (primary N) is 1. The number of amidine groups is 1. The molecule has 0 heterocycles. The van der Waals surface area contributed by atoms with Crippen LogP contribution in [-0.2, 0) is 11.8 Å². The van der Waals surface area contributed by atoms with E-state index in [1.54, 1.807) is 0 Å². The first kappa shape index (κ1) is 34.5. The molecule has 272 valence electrons. The van der Waals surface area contributed by atoms with Crippen molar-refractivity contribution < 1.29 is 0 Å². The lowest BCUT2D eigenvalue weighted by molar-refractivity contribution is 0.661. The van der Waals surface area contributed by atoms with Gasteiger partial charge in [0.25, 0.3) is 0 Å². The first-order valence-corrected chi connectivity index (χ1v) is 19.8. The van der Waals surface area contributed by atoms with Crippen molar-refractivity contribution in [3.8, 4) is 33.4 Å². The summed E-state index contributed by atoms with van der Waals surface area (Å²) in [4.78, 5) is 5.31. The number of hydrogen-bond acceptors (Lipinski definition) is 1. The number of nitrogens with zero attached hydrogens (tertiary/aromatic N) is 1.